The minimum atomic E-state index is -4.82. The van der Waals surface area contributed by atoms with E-state index in [9.17, 15) is 27.9 Å². The van der Waals surface area contributed by atoms with Gasteiger partial charge in [0.15, 0.2) is 22.9 Å². The number of hydrogen-bond acceptors (Lipinski definition) is 5. The molecule has 0 aliphatic carbocycles. The zero-order chi connectivity index (χ0) is 22.3. The third-order valence-corrected chi connectivity index (χ3v) is 4.60. The molecule has 1 amide bonds. The van der Waals surface area contributed by atoms with Gasteiger partial charge in [0.05, 0.1) is 5.69 Å². The fourth-order valence-electron chi connectivity index (χ4n) is 3.04. The zero-order valence-corrected chi connectivity index (χ0v) is 15.9. The summed E-state index contributed by atoms with van der Waals surface area (Å²) < 4.78 is 50.2. The van der Waals surface area contributed by atoms with Crippen molar-refractivity contribution in [1.82, 2.24) is 9.78 Å². The summed E-state index contributed by atoms with van der Waals surface area (Å²) in [5, 5.41) is 12.6. The number of aromatic nitrogens is 2. The first kappa shape index (κ1) is 20.3. The van der Waals surface area contributed by atoms with Crippen molar-refractivity contribution >= 4 is 17.6 Å². The van der Waals surface area contributed by atoms with E-state index in [4.69, 9.17) is 9.47 Å². The number of halogens is 3. The van der Waals surface area contributed by atoms with Crippen molar-refractivity contribution in [2.24, 2.45) is 0 Å². The molecule has 1 aliphatic heterocycles. The van der Waals surface area contributed by atoms with Gasteiger partial charge >= 0.3 is 12.1 Å². The summed E-state index contributed by atoms with van der Waals surface area (Å²) in [6.45, 7) is 0.0776. The molecule has 8 nitrogen and oxygen atoms in total. The lowest BCUT2D eigenvalue weighted by Crippen LogP contribution is -2.26. The van der Waals surface area contributed by atoms with E-state index in [1.165, 1.54) is 36.2 Å². The second-order valence-corrected chi connectivity index (χ2v) is 6.58. The Labute approximate surface area is 173 Å². The van der Waals surface area contributed by atoms with Gasteiger partial charge in [-0.1, -0.05) is 6.07 Å². The van der Waals surface area contributed by atoms with Crippen molar-refractivity contribution in [3.63, 3.8) is 0 Å². The van der Waals surface area contributed by atoms with Crippen LogP contribution < -0.4 is 14.4 Å². The molecular formula is C20H14F3N3O5. The second kappa shape index (κ2) is 7.35. The third-order valence-electron chi connectivity index (χ3n) is 4.60. The van der Waals surface area contributed by atoms with E-state index in [0.717, 1.165) is 0 Å². The summed E-state index contributed by atoms with van der Waals surface area (Å²) in [5.41, 5.74) is -1.40. The van der Waals surface area contributed by atoms with Crippen LogP contribution in [0.1, 0.15) is 26.5 Å². The molecule has 4 rings (SSSR count). The van der Waals surface area contributed by atoms with Crippen LogP contribution in [0.25, 0.3) is 5.69 Å². The summed E-state index contributed by atoms with van der Waals surface area (Å²) in [4.78, 5) is 25.7. The molecule has 31 heavy (non-hydrogen) atoms. The smallest absolute Gasteiger partial charge is 0.435 e. The minimum absolute atomic E-state index is 0.00200. The van der Waals surface area contributed by atoms with Crippen LogP contribution in [0, 0.1) is 0 Å². The SMILES string of the molecule is CN(C(=O)c1cccc(-n2nc(C(F)(F)F)cc2C(=O)O)c1)c1ccc2c(c1)OCO2. The molecule has 2 aromatic carbocycles. The Kier molecular flexibility index (Phi) is 4.80. The van der Waals surface area contributed by atoms with E-state index in [1.807, 2.05) is 0 Å². The number of rotatable bonds is 4. The molecule has 0 unspecified atom stereocenters. The number of carboxylic acids is 1. The molecule has 0 spiro atoms. The first-order valence-corrected chi connectivity index (χ1v) is 8.84. The first-order chi connectivity index (χ1) is 14.6. The summed E-state index contributed by atoms with van der Waals surface area (Å²) in [6.07, 6.45) is -4.82. The monoisotopic (exact) mass is 433 g/mol. The van der Waals surface area contributed by atoms with Crippen LogP contribution in [-0.2, 0) is 6.18 Å². The zero-order valence-electron chi connectivity index (χ0n) is 15.9. The summed E-state index contributed by atoms with van der Waals surface area (Å²) >= 11 is 0. The topological polar surface area (TPSA) is 93.9 Å². The van der Waals surface area contributed by atoms with Gasteiger partial charge < -0.3 is 19.5 Å². The van der Waals surface area contributed by atoms with E-state index >= 15 is 0 Å². The maximum absolute atomic E-state index is 13.0. The lowest BCUT2D eigenvalue weighted by Gasteiger charge is -2.18. The number of ether oxygens (including phenoxy) is 2. The quantitative estimate of drug-likeness (QED) is 0.676. The molecule has 11 heteroatoms. The largest absolute Gasteiger partial charge is 0.477 e. The highest BCUT2D eigenvalue weighted by Crippen LogP contribution is 2.35. The number of anilines is 1. The molecule has 1 N–H and O–H groups in total. The van der Waals surface area contributed by atoms with Gasteiger partial charge in [-0.3, -0.25) is 4.79 Å². The normalized spacial score (nSPS) is 12.6. The number of carboxylic acid groups (broad SMARTS) is 1. The van der Waals surface area contributed by atoms with E-state index in [1.54, 1.807) is 18.2 Å². The molecule has 0 radical (unpaired) electrons. The molecule has 0 atom stereocenters. The number of carbonyl (C=O) groups is 2. The Morgan fingerprint density at radius 1 is 1.10 bits per heavy atom. The van der Waals surface area contributed by atoms with Gasteiger partial charge in [0.1, 0.15) is 0 Å². The standard InChI is InChI=1S/C20H14F3N3O5/c1-25(12-5-6-15-16(8-12)31-10-30-15)18(27)11-3-2-4-13(7-11)26-14(19(28)29)9-17(24-26)20(21,22)23/h2-9H,10H2,1H3,(H,28,29). The minimum Gasteiger partial charge on any atom is -0.477 e. The molecular weight excluding hydrogens is 419 g/mol. The highest BCUT2D eigenvalue weighted by Gasteiger charge is 2.36. The fourth-order valence-corrected chi connectivity index (χ4v) is 3.04. The second-order valence-electron chi connectivity index (χ2n) is 6.58. The van der Waals surface area contributed by atoms with Crippen LogP contribution in [-0.4, -0.2) is 40.6 Å². The number of amides is 1. The molecule has 0 fully saturated rings. The molecule has 0 saturated carbocycles. The molecule has 1 aliphatic rings. The van der Waals surface area contributed by atoms with Crippen LogP contribution >= 0.6 is 0 Å². The van der Waals surface area contributed by atoms with E-state index in [0.29, 0.717) is 27.9 Å². The molecule has 0 bridgehead atoms. The third kappa shape index (κ3) is 3.77. The van der Waals surface area contributed by atoms with Gasteiger partial charge in [-0.05, 0) is 30.3 Å². The maximum atomic E-state index is 13.0. The number of benzene rings is 2. The van der Waals surface area contributed by atoms with Gasteiger partial charge in [0.25, 0.3) is 5.91 Å². The van der Waals surface area contributed by atoms with Crippen molar-refractivity contribution in [1.29, 1.82) is 0 Å². The number of nitrogens with zero attached hydrogens (tertiary/aromatic N) is 3. The Morgan fingerprint density at radius 2 is 1.84 bits per heavy atom. The van der Waals surface area contributed by atoms with Crippen LogP contribution in [0.15, 0.2) is 48.5 Å². The van der Waals surface area contributed by atoms with Gasteiger partial charge in [0, 0.05) is 30.4 Å². The Balaban J connectivity index is 1.68. The lowest BCUT2D eigenvalue weighted by atomic mass is 10.1. The lowest BCUT2D eigenvalue weighted by molar-refractivity contribution is -0.141. The first-order valence-electron chi connectivity index (χ1n) is 8.84. The number of fused-ring (bicyclic) bond motifs is 1. The van der Waals surface area contributed by atoms with E-state index in [-0.39, 0.29) is 18.0 Å². The number of aromatic carboxylic acids is 1. The molecule has 1 aromatic heterocycles. The molecule has 3 aromatic rings. The summed E-state index contributed by atoms with van der Waals surface area (Å²) in [5.74, 6) is -1.03. The predicted octanol–water partition coefficient (Wildman–Crippen LogP) is 3.59. The average Bonchev–Trinajstić information content (AvgIpc) is 3.39. The van der Waals surface area contributed by atoms with Crippen molar-refractivity contribution in [2.75, 3.05) is 18.7 Å². The van der Waals surface area contributed by atoms with E-state index in [2.05, 4.69) is 5.10 Å². The highest BCUT2D eigenvalue weighted by atomic mass is 19.4. The predicted molar refractivity (Wildman–Crippen MR) is 101 cm³/mol. The van der Waals surface area contributed by atoms with Crippen LogP contribution in [0.3, 0.4) is 0 Å². The number of carbonyl (C=O) groups excluding carboxylic acids is 1. The van der Waals surface area contributed by atoms with Crippen molar-refractivity contribution in [2.45, 2.75) is 6.18 Å². The summed E-state index contributed by atoms with van der Waals surface area (Å²) in [6, 6.07) is 10.9. The number of alkyl halides is 3. The maximum Gasteiger partial charge on any atom is 0.435 e. The molecule has 2 heterocycles. The van der Waals surface area contributed by atoms with Crippen LogP contribution in [0.2, 0.25) is 0 Å². The van der Waals surface area contributed by atoms with Crippen molar-refractivity contribution < 1.29 is 37.3 Å². The van der Waals surface area contributed by atoms with Gasteiger partial charge in [-0.25, -0.2) is 9.48 Å². The molecule has 160 valence electrons. The van der Waals surface area contributed by atoms with E-state index < -0.39 is 29.4 Å². The number of hydrogen-bond donors (Lipinski definition) is 1. The van der Waals surface area contributed by atoms with Crippen LogP contribution in [0.4, 0.5) is 18.9 Å². The summed E-state index contributed by atoms with van der Waals surface area (Å²) in [7, 11) is 1.52. The van der Waals surface area contributed by atoms with Crippen molar-refractivity contribution in [3.05, 3.63) is 65.5 Å². The average molecular weight is 433 g/mol. The molecule has 0 saturated heterocycles. The van der Waals surface area contributed by atoms with Gasteiger partial charge in [0.2, 0.25) is 6.79 Å². The Bertz CT molecular complexity index is 1190. The Morgan fingerprint density at radius 3 is 2.55 bits per heavy atom. The van der Waals surface area contributed by atoms with Gasteiger partial charge in [-0.2, -0.15) is 18.3 Å². The fraction of sp³-hybridized carbons (Fsp3) is 0.150. The highest BCUT2D eigenvalue weighted by molar-refractivity contribution is 6.06. The van der Waals surface area contributed by atoms with Crippen molar-refractivity contribution in [3.8, 4) is 17.2 Å². The Hall–Kier alpha value is -4.02. The van der Waals surface area contributed by atoms with Gasteiger partial charge in [-0.15, -0.1) is 0 Å². The van der Waals surface area contributed by atoms with Crippen LogP contribution in [0.5, 0.6) is 11.5 Å².